The van der Waals surface area contributed by atoms with Crippen LogP contribution in [-0.4, -0.2) is 33.5 Å². The average molecular weight is 306 g/mol. The zero-order chi connectivity index (χ0) is 15.6. The van der Waals surface area contributed by atoms with Crippen LogP contribution in [0.5, 0.6) is 0 Å². The van der Waals surface area contributed by atoms with Crippen LogP contribution in [0.2, 0.25) is 0 Å². The highest BCUT2D eigenvalue weighted by molar-refractivity contribution is 7.90. The zero-order valence-electron chi connectivity index (χ0n) is 14.2. The molecule has 0 heterocycles. The molecule has 0 saturated heterocycles. The quantitative estimate of drug-likeness (QED) is 0.599. The molecule has 1 atom stereocenters. The second-order valence-corrected chi connectivity index (χ2v) is 8.98. The summed E-state index contributed by atoms with van der Waals surface area (Å²) in [5.41, 5.74) is 0.273. The first-order valence-electron chi connectivity index (χ1n) is 8.13. The van der Waals surface area contributed by atoms with Crippen molar-refractivity contribution < 1.29 is 8.42 Å². The van der Waals surface area contributed by atoms with Gasteiger partial charge < -0.3 is 5.32 Å². The average Bonchev–Trinajstić information content (AvgIpc) is 2.33. The van der Waals surface area contributed by atoms with Gasteiger partial charge in [-0.05, 0) is 43.6 Å². The van der Waals surface area contributed by atoms with Crippen molar-refractivity contribution in [3.8, 4) is 0 Å². The molecule has 0 aromatic rings. The van der Waals surface area contributed by atoms with Crippen molar-refractivity contribution in [2.45, 2.75) is 66.2 Å². The van der Waals surface area contributed by atoms with Gasteiger partial charge in [0.1, 0.15) is 9.84 Å². The van der Waals surface area contributed by atoms with Crippen LogP contribution in [0.3, 0.4) is 0 Å². The van der Waals surface area contributed by atoms with Gasteiger partial charge in [0.05, 0.1) is 0 Å². The molecule has 1 unspecified atom stereocenters. The van der Waals surface area contributed by atoms with Crippen molar-refractivity contribution in [1.82, 2.24) is 5.32 Å². The van der Waals surface area contributed by atoms with Crippen molar-refractivity contribution in [3.05, 3.63) is 0 Å². The Kier molecular flexibility index (Phi) is 9.73. The Balaban J connectivity index is 4.48. The van der Waals surface area contributed by atoms with Gasteiger partial charge in [-0.3, -0.25) is 0 Å². The zero-order valence-corrected chi connectivity index (χ0v) is 15.0. The van der Waals surface area contributed by atoms with Crippen LogP contribution >= 0.6 is 0 Å². The topological polar surface area (TPSA) is 46.2 Å². The van der Waals surface area contributed by atoms with E-state index in [0.717, 1.165) is 32.4 Å². The molecule has 0 aliphatic carbocycles. The summed E-state index contributed by atoms with van der Waals surface area (Å²) in [5.74, 6) is 0.983. The predicted octanol–water partition coefficient (Wildman–Crippen LogP) is 3.64. The molecular weight excluding hydrogens is 270 g/mol. The largest absolute Gasteiger partial charge is 0.316 e. The van der Waals surface area contributed by atoms with E-state index in [2.05, 4.69) is 33.0 Å². The summed E-state index contributed by atoms with van der Waals surface area (Å²) in [6.07, 6.45) is 7.91. The lowest BCUT2D eigenvalue weighted by Crippen LogP contribution is -2.36. The van der Waals surface area contributed by atoms with E-state index in [0.29, 0.717) is 11.7 Å². The molecule has 4 heteroatoms. The fourth-order valence-corrected chi connectivity index (χ4v) is 3.34. The van der Waals surface area contributed by atoms with Crippen molar-refractivity contribution in [2.24, 2.45) is 11.3 Å². The molecule has 0 aliphatic rings. The van der Waals surface area contributed by atoms with E-state index in [4.69, 9.17) is 0 Å². The minimum Gasteiger partial charge on any atom is -0.316 e. The minimum atomic E-state index is -2.83. The smallest absolute Gasteiger partial charge is 0.147 e. The first-order chi connectivity index (χ1) is 9.24. The maximum absolute atomic E-state index is 11.3. The number of sulfone groups is 1. The number of rotatable bonds is 12. The summed E-state index contributed by atoms with van der Waals surface area (Å²) in [5, 5.41) is 3.58. The first-order valence-corrected chi connectivity index (χ1v) is 10.2. The lowest BCUT2D eigenvalue weighted by atomic mass is 9.76. The van der Waals surface area contributed by atoms with Crippen LogP contribution in [0.1, 0.15) is 66.2 Å². The molecule has 0 spiro atoms. The molecule has 0 amide bonds. The van der Waals surface area contributed by atoms with Gasteiger partial charge in [-0.2, -0.15) is 0 Å². The monoisotopic (exact) mass is 305 g/mol. The second-order valence-electron chi connectivity index (χ2n) is 6.72. The molecule has 0 fully saturated rings. The third-order valence-corrected chi connectivity index (χ3v) is 5.12. The minimum absolute atomic E-state index is 0.273. The Labute approximate surface area is 126 Å². The van der Waals surface area contributed by atoms with Gasteiger partial charge in [0, 0.05) is 18.6 Å². The fourth-order valence-electron chi connectivity index (χ4n) is 2.67. The van der Waals surface area contributed by atoms with E-state index in [9.17, 15) is 8.42 Å². The van der Waals surface area contributed by atoms with Crippen LogP contribution in [0.15, 0.2) is 0 Å². The van der Waals surface area contributed by atoms with E-state index in [-0.39, 0.29) is 5.41 Å². The lowest BCUT2D eigenvalue weighted by Gasteiger charge is -2.34. The Bertz CT molecular complexity index is 338. The normalized spacial score (nSPS) is 15.5. The standard InChI is InChI=1S/C16H35NO2S/c1-6-8-10-16(7-2,14-17-13-15(3)4)11-9-12-20(5,18)19/h15,17H,6-14H2,1-5H3. The van der Waals surface area contributed by atoms with Crippen molar-refractivity contribution in [2.75, 3.05) is 25.1 Å². The van der Waals surface area contributed by atoms with E-state index in [1.165, 1.54) is 25.5 Å². The summed E-state index contributed by atoms with van der Waals surface area (Å²) in [6.45, 7) is 11.0. The molecular formula is C16H35NO2S. The van der Waals surface area contributed by atoms with Gasteiger partial charge in [0.25, 0.3) is 0 Å². The van der Waals surface area contributed by atoms with Gasteiger partial charge in [0.15, 0.2) is 0 Å². The van der Waals surface area contributed by atoms with Crippen LogP contribution in [0.25, 0.3) is 0 Å². The molecule has 0 radical (unpaired) electrons. The maximum atomic E-state index is 11.3. The van der Waals surface area contributed by atoms with Crippen molar-refractivity contribution >= 4 is 9.84 Å². The molecule has 0 aromatic heterocycles. The summed E-state index contributed by atoms with van der Waals surface area (Å²) in [4.78, 5) is 0. The van der Waals surface area contributed by atoms with Gasteiger partial charge in [-0.1, -0.05) is 40.5 Å². The summed E-state index contributed by atoms with van der Waals surface area (Å²) in [6, 6.07) is 0. The van der Waals surface area contributed by atoms with Crippen molar-refractivity contribution in [1.29, 1.82) is 0 Å². The van der Waals surface area contributed by atoms with E-state index >= 15 is 0 Å². The first kappa shape index (κ1) is 19.9. The molecule has 0 aliphatic heterocycles. The number of hydrogen-bond acceptors (Lipinski definition) is 3. The van der Waals surface area contributed by atoms with Gasteiger partial charge in [-0.15, -0.1) is 0 Å². The van der Waals surface area contributed by atoms with Crippen LogP contribution in [0.4, 0.5) is 0 Å². The Morgan fingerprint density at radius 3 is 2.15 bits per heavy atom. The highest BCUT2D eigenvalue weighted by Gasteiger charge is 2.27. The van der Waals surface area contributed by atoms with Crippen LogP contribution < -0.4 is 5.32 Å². The molecule has 20 heavy (non-hydrogen) atoms. The van der Waals surface area contributed by atoms with Crippen LogP contribution in [0, 0.1) is 11.3 Å². The van der Waals surface area contributed by atoms with Crippen LogP contribution in [-0.2, 0) is 9.84 Å². The van der Waals surface area contributed by atoms with E-state index in [1.807, 2.05) is 0 Å². The van der Waals surface area contributed by atoms with Gasteiger partial charge >= 0.3 is 0 Å². The molecule has 0 rings (SSSR count). The highest BCUT2D eigenvalue weighted by atomic mass is 32.2. The Hall–Kier alpha value is -0.0900. The summed E-state index contributed by atoms with van der Waals surface area (Å²) in [7, 11) is -2.83. The SMILES string of the molecule is CCCCC(CC)(CCCS(C)(=O)=O)CNCC(C)C. The predicted molar refractivity (Wildman–Crippen MR) is 88.9 cm³/mol. The number of nitrogens with one attached hydrogen (secondary N) is 1. The van der Waals surface area contributed by atoms with Crippen molar-refractivity contribution in [3.63, 3.8) is 0 Å². The third-order valence-electron chi connectivity index (χ3n) is 4.09. The number of unbranched alkanes of at least 4 members (excludes halogenated alkanes) is 1. The highest BCUT2D eigenvalue weighted by Crippen LogP contribution is 2.33. The van der Waals surface area contributed by atoms with Gasteiger partial charge in [0.2, 0.25) is 0 Å². The Morgan fingerprint density at radius 1 is 1.10 bits per heavy atom. The molecule has 3 nitrogen and oxygen atoms in total. The van der Waals surface area contributed by atoms with E-state index in [1.54, 1.807) is 0 Å². The molecule has 122 valence electrons. The molecule has 0 saturated carbocycles. The summed E-state index contributed by atoms with van der Waals surface area (Å²) >= 11 is 0. The lowest BCUT2D eigenvalue weighted by molar-refractivity contribution is 0.208. The third kappa shape index (κ3) is 9.76. The Morgan fingerprint density at radius 2 is 1.70 bits per heavy atom. The second kappa shape index (κ2) is 9.78. The maximum Gasteiger partial charge on any atom is 0.147 e. The molecule has 1 N–H and O–H groups in total. The summed E-state index contributed by atoms with van der Waals surface area (Å²) < 4.78 is 22.6. The fraction of sp³-hybridized carbons (Fsp3) is 1.00. The molecule has 0 bridgehead atoms. The number of hydrogen-bond donors (Lipinski definition) is 1. The van der Waals surface area contributed by atoms with E-state index < -0.39 is 9.84 Å². The van der Waals surface area contributed by atoms with Gasteiger partial charge in [-0.25, -0.2) is 8.42 Å². The molecule has 0 aromatic carbocycles.